The zero-order valence-electron chi connectivity index (χ0n) is 10.7. The number of hydrogen-bond donors (Lipinski definition) is 0. The molecule has 1 aliphatic heterocycles. The number of hydrogen-bond acceptors (Lipinski definition) is 4. The molecule has 18 heavy (non-hydrogen) atoms. The van der Waals surface area contributed by atoms with Crippen molar-refractivity contribution in [3.8, 4) is 11.5 Å². The van der Waals surface area contributed by atoms with E-state index in [1.54, 1.807) is 20.3 Å². The maximum absolute atomic E-state index is 11.5. The van der Waals surface area contributed by atoms with Gasteiger partial charge in [0.25, 0.3) is 0 Å². The van der Waals surface area contributed by atoms with E-state index in [2.05, 4.69) is 0 Å². The highest BCUT2D eigenvalue weighted by Crippen LogP contribution is 2.39. The van der Waals surface area contributed by atoms with Gasteiger partial charge in [0.2, 0.25) is 0 Å². The van der Waals surface area contributed by atoms with Crippen molar-refractivity contribution in [3.63, 3.8) is 0 Å². The third kappa shape index (κ3) is 2.18. The van der Waals surface area contributed by atoms with Crippen LogP contribution in [0.25, 0.3) is 0 Å². The molecule has 1 heterocycles. The van der Waals surface area contributed by atoms with Gasteiger partial charge in [-0.05, 0) is 19.1 Å². The van der Waals surface area contributed by atoms with Crippen molar-refractivity contribution in [3.05, 3.63) is 36.1 Å². The van der Waals surface area contributed by atoms with Gasteiger partial charge in [-0.15, -0.1) is 0 Å². The molecule has 0 aromatic heterocycles. The van der Waals surface area contributed by atoms with E-state index in [0.717, 1.165) is 5.56 Å². The van der Waals surface area contributed by atoms with Gasteiger partial charge in [0.15, 0.2) is 5.78 Å². The first kappa shape index (κ1) is 12.5. The fourth-order valence-corrected chi connectivity index (χ4v) is 2.09. The summed E-state index contributed by atoms with van der Waals surface area (Å²) >= 11 is 0. The SMILES string of the molecule is COc1ccc(C2(C)CC(=O)C=CO2)c(OC)c1. The van der Waals surface area contributed by atoms with E-state index in [4.69, 9.17) is 14.2 Å². The average Bonchev–Trinajstić information content (AvgIpc) is 2.37. The van der Waals surface area contributed by atoms with Crippen LogP contribution in [0, 0.1) is 0 Å². The molecule has 0 N–H and O–H groups in total. The van der Waals surface area contributed by atoms with Crippen LogP contribution in [0.15, 0.2) is 30.5 Å². The molecule has 0 aliphatic carbocycles. The van der Waals surface area contributed by atoms with Crippen molar-refractivity contribution in [1.29, 1.82) is 0 Å². The first-order valence-corrected chi connectivity index (χ1v) is 5.69. The van der Waals surface area contributed by atoms with Crippen LogP contribution >= 0.6 is 0 Å². The maximum Gasteiger partial charge on any atom is 0.163 e. The quantitative estimate of drug-likeness (QED) is 0.824. The zero-order chi connectivity index (χ0) is 13.2. The number of allylic oxidation sites excluding steroid dienone is 1. The van der Waals surface area contributed by atoms with E-state index in [9.17, 15) is 4.79 Å². The van der Waals surface area contributed by atoms with Gasteiger partial charge in [0, 0.05) is 17.7 Å². The second-order valence-corrected chi connectivity index (χ2v) is 4.36. The number of rotatable bonds is 3. The summed E-state index contributed by atoms with van der Waals surface area (Å²) in [6.07, 6.45) is 3.18. The van der Waals surface area contributed by atoms with E-state index in [-0.39, 0.29) is 5.78 Å². The number of carbonyl (C=O) groups excluding carboxylic acids is 1. The average molecular weight is 248 g/mol. The van der Waals surface area contributed by atoms with Crippen LogP contribution in [0.2, 0.25) is 0 Å². The number of ketones is 1. The highest BCUT2D eigenvalue weighted by Gasteiger charge is 2.35. The lowest BCUT2D eigenvalue weighted by Crippen LogP contribution is -2.30. The first-order valence-electron chi connectivity index (χ1n) is 5.69. The molecule has 2 rings (SSSR count). The Morgan fingerprint density at radius 2 is 2.06 bits per heavy atom. The van der Waals surface area contributed by atoms with E-state index in [0.29, 0.717) is 17.9 Å². The Morgan fingerprint density at radius 1 is 1.28 bits per heavy atom. The molecule has 0 amide bonds. The molecule has 1 aromatic rings. The van der Waals surface area contributed by atoms with Gasteiger partial charge in [-0.25, -0.2) is 0 Å². The topological polar surface area (TPSA) is 44.8 Å². The van der Waals surface area contributed by atoms with Crippen molar-refractivity contribution < 1.29 is 19.0 Å². The summed E-state index contributed by atoms with van der Waals surface area (Å²) < 4.78 is 16.1. The summed E-state index contributed by atoms with van der Waals surface area (Å²) in [5.74, 6) is 1.40. The number of ether oxygens (including phenoxy) is 3. The van der Waals surface area contributed by atoms with E-state index >= 15 is 0 Å². The van der Waals surface area contributed by atoms with Crippen molar-refractivity contribution >= 4 is 5.78 Å². The smallest absolute Gasteiger partial charge is 0.163 e. The molecule has 0 bridgehead atoms. The van der Waals surface area contributed by atoms with Gasteiger partial charge in [0.1, 0.15) is 17.1 Å². The van der Waals surface area contributed by atoms with Crippen molar-refractivity contribution in [2.24, 2.45) is 0 Å². The minimum absolute atomic E-state index is 0.0432. The molecule has 0 spiro atoms. The maximum atomic E-state index is 11.5. The van der Waals surface area contributed by atoms with Crippen molar-refractivity contribution in [2.45, 2.75) is 18.9 Å². The first-order chi connectivity index (χ1) is 8.59. The molecule has 1 atom stereocenters. The van der Waals surface area contributed by atoms with Gasteiger partial charge in [-0.2, -0.15) is 0 Å². The molecule has 0 radical (unpaired) electrons. The lowest BCUT2D eigenvalue weighted by atomic mass is 9.88. The van der Waals surface area contributed by atoms with Gasteiger partial charge < -0.3 is 14.2 Å². The van der Waals surface area contributed by atoms with Crippen LogP contribution in [0.4, 0.5) is 0 Å². The van der Waals surface area contributed by atoms with E-state index in [1.165, 1.54) is 12.3 Å². The Labute approximate surface area is 106 Å². The van der Waals surface area contributed by atoms with Crippen LogP contribution < -0.4 is 9.47 Å². The minimum Gasteiger partial charge on any atom is -0.497 e. The summed E-state index contributed by atoms with van der Waals surface area (Å²) in [6.45, 7) is 1.87. The Balaban J connectivity index is 2.43. The number of benzene rings is 1. The summed E-state index contributed by atoms with van der Waals surface area (Å²) in [6, 6.07) is 5.48. The third-order valence-electron chi connectivity index (χ3n) is 3.07. The zero-order valence-corrected chi connectivity index (χ0v) is 10.7. The predicted octanol–water partition coefficient (Wildman–Crippen LogP) is 2.42. The van der Waals surface area contributed by atoms with Gasteiger partial charge in [-0.3, -0.25) is 4.79 Å². The highest BCUT2D eigenvalue weighted by atomic mass is 16.5. The van der Waals surface area contributed by atoms with Crippen molar-refractivity contribution in [1.82, 2.24) is 0 Å². The van der Waals surface area contributed by atoms with Gasteiger partial charge in [0.05, 0.1) is 26.9 Å². The van der Waals surface area contributed by atoms with Crippen LogP contribution in [0.1, 0.15) is 18.9 Å². The molecule has 4 nitrogen and oxygen atoms in total. The fraction of sp³-hybridized carbons (Fsp3) is 0.357. The Morgan fingerprint density at radius 3 is 2.67 bits per heavy atom. The Hall–Kier alpha value is -1.97. The van der Waals surface area contributed by atoms with Crippen LogP contribution in [-0.4, -0.2) is 20.0 Å². The highest BCUT2D eigenvalue weighted by molar-refractivity contribution is 5.91. The van der Waals surface area contributed by atoms with Crippen LogP contribution in [0.5, 0.6) is 11.5 Å². The number of carbonyl (C=O) groups is 1. The normalized spacial score (nSPS) is 22.5. The second kappa shape index (κ2) is 4.72. The lowest BCUT2D eigenvalue weighted by Gasteiger charge is -2.32. The largest absolute Gasteiger partial charge is 0.497 e. The third-order valence-corrected chi connectivity index (χ3v) is 3.07. The van der Waals surface area contributed by atoms with Crippen LogP contribution in [0.3, 0.4) is 0 Å². The van der Waals surface area contributed by atoms with E-state index in [1.807, 2.05) is 19.1 Å². The Bertz CT molecular complexity index is 493. The predicted molar refractivity (Wildman–Crippen MR) is 66.7 cm³/mol. The fourth-order valence-electron chi connectivity index (χ4n) is 2.09. The molecule has 96 valence electrons. The summed E-state index contributed by atoms with van der Waals surface area (Å²) in [7, 11) is 3.18. The molecular weight excluding hydrogens is 232 g/mol. The van der Waals surface area contributed by atoms with Crippen molar-refractivity contribution in [2.75, 3.05) is 14.2 Å². The summed E-state index contributed by atoms with van der Waals surface area (Å²) in [5.41, 5.74) is 0.146. The van der Waals surface area contributed by atoms with Gasteiger partial charge in [-0.1, -0.05) is 0 Å². The molecule has 0 saturated heterocycles. The summed E-state index contributed by atoms with van der Waals surface area (Å²) in [4.78, 5) is 11.5. The van der Waals surface area contributed by atoms with Crippen LogP contribution in [-0.2, 0) is 15.1 Å². The lowest BCUT2D eigenvalue weighted by molar-refractivity contribution is -0.122. The monoisotopic (exact) mass is 248 g/mol. The summed E-state index contributed by atoms with van der Waals surface area (Å²) in [5, 5.41) is 0. The van der Waals surface area contributed by atoms with Gasteiger partial charge >= 0.3 is 0 Å². The molecule has 1 aliphatic rings. The van der Waals surface area contributed by atoms with E-state index < -0.39 is 5.60 Å². The number of methoxy groups -OCH3 is 2. The molecule has 4 heteroatoms. The minimum atomic E-state index is -0.691. The molecule has 0 fully saturated rings. The molecule has 0 saturated carbocycles. The molecule has 1 aromatic carbocycles. The molecule has 1 unspecified atom stereocenters. The standard InChI is InChI=1S/C14H16O4/c1-14(9-10(15)6-7-18-14)12-5-4-11(16-2)8-13(12)17-3/h4-8H,9H2,1-3H3. The second-order valence-electron chi connectivity index (χ2n) is 4.36. The Kier molecular flexibility index (Phi) is 3.28. The molecular formula is C14H16O4.